The predicted molar refractivity (Wildman–Crippen MR) is 39.8 cm³/mol. The second-order valence-electron chi connectivity index (χ2n) is 2.10. The van der Waals surface area contributed by atoms with Gasteiger partial charge < -0.3 is 0 Å². The Balaban J connectivity index is 2.34. The van der Waals surface area contributed by atoms with Crippen LogP contribution in [0.25, 0.3) is 0 Å². The summed E-state index contributed by atoms with van der Waals surface area (Å²) in [6.07, 6.45) is 0.656. The maximum absolute atomic E-state index is 10.5. The molecule has 2 atom stereocenters. The summed E-state index contributed by atoms with van der Waals surface area (Å²) in [5, 5.41) is 0. The molecule has 1 rings (SSSR count). The molecule has 0 amide bonds. The van der Waals surface area contributed by atoms with Gasteiger partial charge in [-0.3, -0.25) is 4.18 Å². The van der Waals surface area contributed by atoms with Crippen LogP contribution in [-0.2, 0) is 34.0 Å². The van der Waals surface area contributed by atoms with E-state index in [0.717, 1.165) is 0 Å². The molecular weight excluding hydrogens is 208 g/mol. The zero-order valence-electron chi connectivity index (χ0n) is 6.26. The molecular formula is C4H8O6S2. The summed E-state index contributed by atoms with van der Waals surface area (Å²) < 4.78 is 44.7. The third-order valence-corrected chi connectivity index (χ3v) is 2.47. The van der Waals surface area contributed by atoms with E-state index in [2.05, 4.69) is 12.5 Å². The Morgan fingerprint density at radius 1 is 1.67 bits per heavy atom. The van der Waals surface area contributed by atoms with Crippen molar-refractivity contribution in [3.8, 4) is 0 Å². The molecule has 0 aromatic heterocycles. The normalized spacial score (nSPS) is 30.2. The third-order valence-electron chi connectivity index (χ3n) is 1.07. The highest BCUT2D eigenvalue weighted by atomic mass is 32.3. The molecule has 1 heterocycles. The first-order chi connectivity index (χ1) is 5.49. The van der Waals surface area contributed by atoms with Crippen LogP contribution in [0.15, 0.2) is 0 Å². The number of hydrogen-bond donors (Lipinski definition) is 0. The van der Waals surface area contributed by atoms with Crippen molar-refractivity contribution in [3.63, 3.8) is 0 Å². The highest BCUT2D eigenvalue weighted by Crippen LogP contribution is 2.12. The fourth-order valence-electron chi connectivity index (χ4n) is 0.629. The number of hydrogen-bond acceptors (Lipinski definition) is 6. The van der Waals surface area contributed by atoms with Crippen LogP contribution in [0.2, 0.25) is 0 Å². The van der Waals surface area contributed by atoms with Crippen LogP contribution in [0.3, 0.4) is 0 Å². The van der Waals surface area contributed by atoms with Crippen LogP contribution in [-0.4, -0.2) is 38.2 Å². The zero-order valence-corrected chi connectivity index (χ0v) is 7.89. The molecule has 12 heavy (non-hydrogen) atoms. The van der Waals surface area contributed by atoms with Gasteiger partial charge in [0.05, 0.1) is 13.2 Å². The summed E-state index contributed by atoms with van der Waals surface area (Å²) in [7, 11) is -3.82. The van der Waals surface area contributed by atoms with Crippen LogP contribution in [0.1, 0.15) is 0 Å². The molecule has 0 radical (unpaired) electrons. The molecule has 0 N–H and O–H groups in total. The summed E-state index contributed by atoms with van der Waals surface area (Å²) in [5.74, 6) is 0. The van der Waals surface area contributed by atoms with E-state index in [1.165, 1.54) is 6.26 Å². The molecule has 8 heteroatoms. The Kier molecular flexibility index (Phi) is 3.18. The van der Waals surface area contributed by atoms with Gasteiger partial charge >= 0.3 is 10.4 Å². The topological polar surface area (TPSA) is 78.9 Å². The van der Waals surface area contributed by atoms with E-state index < -0.39 is 27.6 Å². The van der Waals surface area contributed by atoms with Crippen LogP contribution >= 0.6 is 0 Å². The Morgan fingerprint density at radius 2 is 2.33 bits per heavy atom. The lowest BCUT2D eigenvalue weighted by atomic mass is 10.4. The van der Waals surface area contributed by atoms with E-state index in [4.69, 9.17) is 0 Å². The lowest BCUT2D eigenvalue weighted by Crippen LogP contribution is -2.18. The van der Waals surface area contributed by atoms with Gasteiger partial charge in [-0.25, -0.2) is 12.6 Å². The first-order valence-corrected chi connectivity index (χ1v) is 5.85. The zero-order chi connectivity index (χ0) is 9.19. The standard InChI is InChI=1S/C4H8O6S2/c1-11(5)8-2-4-3-9-12(6,7)10-4/h4H,2-3H2,1H3. The molecule has 1 aliphatic rings. The van der Waals surface area contributed by atoms with E-state index in [-0.39, 0.29) is 13.2 Å². The smallest absolute Gasteiger partial charge is 0.288 e. The largest absolute Gasteiger partial charge is 0.400 e. The van der Waals surface area contributed by atoms with Gasteiger partial charge in [0.15, 0.2) is 11.1 Å². The lowest BCUT2D eigenvalue weighted by Gasteiger charge is -2.02. The van der Waals surface area contributed by atoms with Gasteiger partial charge in [-0.05, 0) is 0 Å². The molecule has 72 valence electrons. The number of rotatable bonds is 3. The molecule has 0 saturated carbocycles. The fourth-order valence-corrected chi connectivity index (χ4v) is 1.79. The van der Waals surface area contributed by atoms with Crippen molar-refractivity contribution in [2.75, 3.05) is 19.5 Å². The molecule has 0 aromatic rings. The highest BCUT2D eigenvalue weighted by molar-refractivity contribution is 7.82. The first-order valence-electron chi connectivity index (χ1n) is 3.04. The van der Waals surface area contributed by atoms with E-state index in [9.17, 15) is 12.6 Å². The van der Waals surface area contributed by atoms with Gasteiger partial charge in [0.1, 0.15) is 6.10 Å². The van der Waals surface area contributed by atoms with Crippen molar-refractivity contribution in [2.24, 2.45) is 0 Å². The fraction of sp³-hybridized carbons (Fsp3) is 1.00. The van der Waals surface area contributed by atoms with Crippen molar-refractivity contribution in [3.05, 3.63) is 0 Å². The average molecular weight is 216 g/mol. The van der Waals surface area contributed by atoms with Gasteiger partial charge in [-0.1, -0.05) is 0 Å². The Labute approximate surface area is 72.8 Å². The first kappa shape index (κ1) is 10.1. The van der Waals surface area contributed by atoms with E-state index in [0.29, 0.717) is 0 Å². The van der Waals surface area contributed by atoms with Crippen LogP contribution in [0.5, 0.6) is 0 Å². The predicted octanol–water partition coefficient (Wildman–Crippen LogP) is -1.04. The molecule has 1 fully saturated rings. The molecule has 0 spiro atoms. The second kappa shape index (κ2) is 3.79. The van der Waals surface area contributed by atoms with Gasteiger partial charge in [0.2, 0.25) is 0 Å². The molecule has 0 aliphatic carbocycles. The summed E-state index contributed by atoms with van der Waals surface area (Å²) in [6, 6.07) is 0. The maximum Gasteiger partial charge on any atom is 0.400 e. The third kappa shape index (κ3) is 3.15. The van der Waals surface area contributed by atoms with Gasteiger partial charge in [-0.15, -0.1) is 0 Å². The van der Waals surface area contributed by atoms with Crippen LogP contribution in [0.4, 0.5) is 0 Å². The van der Waals surface area contributed by atoms with Crippen molar-refractivity contribution >= 4 is 21.5 Å². The second-order valence-corrected chi connectivity index (χ2v) is 4.38. The van der Waals surface area contributed by atoms with E-state index in [1.54, 1.807) is 0 Å². The van der Waals surface area contributed by atoms with Crippen molar-refractivity contribution < 1.29 is 25.2 Å². The Bertz CT molecular complexity index is 269. The summed E-state index contributed by atoms with van der Waals surface area (Å²) in [5.41, 5.74) is 0. The SMILES string of the molecule is CS(=O)OCC1COS(=O)(=O)O1. The Hall–Kier alpha value is -0.0200. The van der Waals surface area contributed by atoms with Crippen LogP contribution in [0, 0.1) is 0 Å². The quantitative estimate of drug-likeness (QED) is 0.599. The summed E-state index contributed by atoms with van der Waals surface area (Å²) >= 11 is -1.42. The van der Waals surface area contributed by atoms with Crippen molar-refractivity contribution in [1.29, 1.82) is 0 Å². The molecule has 2 unspecified atom stereocenters. The van der Waals surface area contributed by atoms with Crippen LogP contribution < -0.4 is 0 Å². The summed E-state index contributed by atoms with van der Waals surface area (Å²) in [6.45, 7) is -0.137. The molecule has 0 aromatic carbocycles. The van der Waals surface area contributed by atoms with Gasteiger partial charge in [-0.2, -0.15) is 8.42 Å². The minimum absolute atomic E-state index is 0.0532. The minimum Gasteiger partial charge on any atom is -0.288 e. The average Bonchev–Trinajstić information content (AvgIpc) is 2.26. The van der Waals surface area contributed by atoms with Gasteiger partial charge in [0.25, 0.3) is 0 Å². The van der Waals surface area contributed by atoms with Crippen molar-refractivity contribution in [1.82, 2.24) is 0 Å². The molecule has 6 nitrogen and oxygen atoms in total. The molecule has 1 aliphatic heterocycles. The highest BCUT2D eigenvalue weighted by Gasteiger charge is 2.30. The van der Waals surface area contributed by atoms with E-state index >= 15 is 0 Å². The minimum atomic E-state index is -3.82. The monoisotopic (exact) mass is 216 g/mol. The lowest BCUT2D eigenvalue weighted by molar-refractivity contribution is 0.159. The van der Waals surface area contributed by atoms with E-state index in [1.807, 2.05) is 0 Å². The van der Waals surface area contributed by atoms with Crippen molar-refractivity contribution in [2.45, 2.75) is 6.10 Å². The molecule has 1 saturated heterocycles. The maximum atomic E-state index is 10.5. The molecule has 0 bridgehead atoms. The van der Waals surface area contributed by atoms with Gasteiger partial charge in [0, 0.05) is 6.26 Å². The Morgan fingerprint density at radius 3 is 2.75 bits per heavy atom. The summed E-state index contributed by atoms with van der Waals surface area (Å²) in [4.78, 5) is 0.